The highest BCUT2D eigenvalue weighted by Crippen LogP contribution is 2.13. The van der Waals surface area contributed by atoms with E-state index in [2.05, 4.69) is 27.7 Å². The molecule has 0 N–H and O–H groups in total. The molecule has 0 saturated carbocycles. The first-order valence-electron chi connectivity index (χ1n) is 18.9. The SMILES string of the molecule is CCCCCCCCCCCCCCCOC(=O)CCCCC.CCCCCCCCCOC(=O)CCCCCCC. The van der Waals surface area contributed by atoms with Crippen molar-refractivity contribution in [2.75, 3.05) is 13.2 Å². The summed E-state index contributed by atoms with van der Waals surface area (Å²) in [7, 11) is 0. The van der Waals surface area contributed by atoms with Crippen LogP contribution in [0.5, 0.6) is 0 Å². The Morgan fingerprint density at radius 2 is 0.524 bits per heavy atom. The number of esters is 2. The second-order valence-electron chi connectivity index (χ2n) is 12.4. The van der Waals surface area contributed by atoms with Gasteiger partial charge in [-0.05, 0) is 25.7 Å². The van der Waals surface area contributed by atoms with E-state index in [-0.39, 0.29) is 11.9 Å². The van der Waals surface area contributed by atoms with Gasteiger partial charge in [-0.25, -0.2) is 0 Å². The van der Waals surface area contributed by atoms with Crippen LogP contribution in [0.4, 0.5) is 0 Å². The number of unbranched alkanes of at least 4 members (excludes halogenated alkanes) is 24. The highest BCUT2D eigenvalue weighted by molar-refractivity contribution is 5.69. The van der Waals surface area contributed by atoms with E-state index in [1.54, 1.807) is 0 Å². The molecule has 42 heavy (non-hydrogen) atoms. The molecule has 0 unspecified atom stereocenters. The van der Waals surface area contributed by atoms with Gasteiger partial charge in [0.05, 0.1) is 13.2 Å². The van der Waals surface area contributed by atoms with Crippen LogP contribution in [0.25, 0.3) is 0 Å². The van der Waals surface area contributed by atoms with Gasteiger partial charge in [-0.1, -0.05) is 182 Å². The minimum absolute atomic E-state index is 0.00230. The first-order valence-corrected chi connectivity index (χ1v) is 18.9. The predicted octanol–water partition coefficient (Wildman–Crippen LogP) is 12.8. The van der Waals surface area contributed by atoms with Gasteiger partial charge in [0.15, 0.2) is 0 Å². The zero-order valence-corrected chi connectivity index (χ0v) is 29.3. The highest BCUT2D eigenvalue weighted by Gasteiger charge is 2.03. The monoisotopic (exact) mass is 597 g/mol. The van der Waals surface area contributed by atoms with E-state index in [1.807, 2.05) is 0 Å². The van der Waals surface area contributed by atoms with Crippen LogP contribution in [0, 0.1) is 0 Å². The summed E-state index contributed by atoms with van der Waals surface area (Å²) in [5.41, 5.74) is 0. The molecule has 0 rings (SSSR count). The van der Waals surface area contributed by atoms with E-state index in [9.17, 15) is 9.59 Å². The number of hydrogen-bond acceptors (Lipinski definition) is 4. The molecule has 0 aromatic carbocycles. The van der Waals surface area contributed by atoms with Crippen LogP contribution in [-0.4, -0.2) is 25.2 Å². The molecule has 4 nitrogen and oxygen atoms in total. The Bertz CT molecular complexity index is 519. The van der Waals surface area contributed by atoms with Crippen LogP contribution in [0.1, 0.15) is 220 Å². The van der Waals surface area contributed by atoms with Gasteiger partial charge in [0, 0.05) is 12.8 Å². The van der Waals surface area contributed by atoms with Gasteiger partial charge >= 0.3 is 11.9 Å². The van der Waals surface area contributed by atoms with E-state index in [4.69, 9.17) is 9.47 Å². The largest absolute Gasteiger partial charge is 0.466 e. The molecule has 0 aromatic rings. The average molecular weight is 597 g/mol. The molecule has 0 fully saturated rings. The van der Waals surface area contributed by atoms with E-state index in [0.29, 0.717) is 26.1 Å². The Kier molecular flexibility index (Phi) is 41.0. The molecule has 0 atom stereocenters. The minimum Gasteiger partial charge on any atom is -0.466 e. The van der Waals surface area contributed by atoms with Crippen molar-refractivity contribution in [3.05, 3.63) is 0 Å². The fourth-order valence-corrected chi connectivity index (χ4v) is 5.09. The summed E-state index contributed by atoms with van der Waals surface area (Å²) in [4.78, 5) is 22.8. The molecule has 0 aliphatic carbocycles. The molecule has 0 bridgehead atoms. The summed E-state index contributed by atoms with van der Waals surface area (Å²) in [5.74, 6) is -0.000122. The van der Waals surface area contributed by atoms with Crippen molar-refractivity contribution >= 4 is 11.9 Å². The zero-order chi connectivity index (χ0) is 31.2. The molecule has 0 aromatic heterocycles. The van der Waals surface area contributed by atoms with Crippen LogP contribution in [0.15, 0.2) is 0 Å². The van der Waals surface area contributed by atoms with Crippen molar-refractivity contribution < 1.29 is 19.1 Å². The molecule has 0 amide bonds. The molecule has 0 spiro atoms. The number of carbonyl (C=O) groups is 2. The molecule has 0 saturated heterocycles. The maximum absolute atomic E-state index is 11.4. The Balaban J connectivity index is 0. The van der Waals surface area contributed by atoms with Gasteiger partial charge < -0.3 is 9.47 Å². The van der Waals surface area contributed by atoms with Crippen LogP contribution in [0.2, 0.25) is 0 Å². The van der Waals surface area contributed by atoms with E-state index in [0.717, 1.165) is 38.5 Å². The number of carbonyl (C=O) groups excluding carboxylic acids is 2. The maximum atomic E-state index is 11.4. The third kappa shape index (κ3) is 41.1. The van der Waals surface area contributed by atoms with E-state index < -0.39 is 0 Å². The Morgan fingerprint density at radius 3 is 0.833 bits per heavy atom. The first-order chi connectivity index (χ1) is 20.6. The topological polar surface area (TPSA) is 52.6 Å². The van der Waals surface area contributed by atoms with Crippen molar-refractivity contribution in [3.63, 3.8) is 0 Å². The van der Waals surface area contributed by atoms with E-state index in [1.165, 1.54) is 141 Å². The molecular weight excluding hydrogens is 520 g/mol. The quantitative estimate of drug-likeness (QED) is 0.0572. The zero-order valence-electron chi connectivity index (χ0n) is 29.3. The Hall–Kier alpha value is -1.06. The van der Waals surface area contributed by atoms with E-state index >= 15 is 0 Å². The van der Waals surface area contributed by atoms with Gasteiger partial charge in [-0.2, -0.15) is 0 Å². The summed E-state index contributed by atoms with van der Waals surface area (Å²) in [5, 5.41) is 0. The Morgan fingerprint density at radius 1 is 0.310 bits per heavy atom. The third-order valence-corrected chi connectivity index (χ3v) is 7.99. The summed E-state index contributed by atoms with van der Waals surface area (Å²) in [6.07, 6.45) is 36.9. The van der Waals surface area contributed by atoms with Crippen molar-refractivity contribution in [3.8, 4) is 0 Å². The molecule has 252 valence electrons. The predicted molar refractivity (Wildman–Crippen MR) is 183 cm³/mol. The third-order valence-electron chi connectivity index (χ3n) is 7.99. The molecule has 0 aliphatic heterocycles. The summed E-state index contributed by atoms with van der Waals surface area (Å²) in [6.45, 7) is 10.1. The fourth-order valence-electron chi connectivity index (χ4n) is 5.09. The van der Waals surface area contributed by atoms with Crippen LogP contribution < -0.4 is 0 Å². The minimum atomic E-state index is -0.00242. The lowest BCUT2D eigenvalue weighted by Gasteiger charge is -2.05. The van der Waals surface area contributed by atoms with Crippen molar-refractivity contribution in [2.24, 2.45) is 0 Å². The lowest BCUT2D eigenvalue weighted by Crippen LogP contribution is -2.05. The molecule has 0 aliphatic rings. The highest BCUT2D eigenvalue weighted by atomic mass is 16.5. The van der Waals surface area contributed by atoms with Gasteiger partial charge in [0.1, 0.15) is 0 Å². The van der Waals surface area contributed by atoms with Crippen molar-refractivity contribution in [1.82, 2.24) is 0 Å². The second-order valence-corrected chi connectivity index (χ2v) is 12.4. The lowest BCUT2D eigenvalue weighted by atomic mass is 10.0. The molecular formula is C38H76O4. The lowest BCUT2D eigenvalue weighted by molar-refractivity contribution is -0.144. The van der Waals surface area contributed by atoms with Crippen molar-refractivity contribution in [1.29, 1.82) is 0 Å². The number of hydrogen-bond donors (Lipinski definition) is 0. The van der Waals surface area contributed by atoms with Crippen molar-refractivity contribution in [2.45, 2.75) is 220 Å². The van der Waals surface area contributed by atoms with Gasteiger partial charge in [0.2, 0.25) is 0 Å². The smallest absolute Gasteiger partial charge is 0.305 e. The summed E-state index contributed by atoms with van der Waals surface area (Å²) >= 11 is 0. The molecule has 0 heterocycles. The van der Waals surface area contributed by atoms with Gasteiger partial charge in [-0.3, -0.25) is 9.59 Å². The average Bonchev–Trinajstić information content (AvgIpc) is 2.99. The summed E-state index contributed by atoms with van der Waals surface area (Å²) < 4.78 is 10.5. The van der Waals surface area contributed by atoms with Crippen LogP contribution >= 0.6 is 0 Å². The fraction of sp³-hybridized carbons (Fsp3) is 0.947. The van der Waals surface area contributed by atoms with Gasteiger partial charge in [-0.15, -0.1) is 0 Å². The van der Waals surface area contributed by atoms with Crippen LogP contribution in [0.3, 0.4) is 0 Å². The maximum Gasteiger partial charge on any atom is 0.305 e. The van der Waals surface area contributed by atoms with Gasteiger partial charge in [0.25, 0.3) is 0 Å². The first kappa shape index (κ1) is 43.1. The number of ether oxygens (including phenoxy) is 2. The Labute approximate surface area is 264 Å². The second kappa shape index (κ2) is 39.9. The number of rotatable bonds is 32. The standard InChI is InChI=1S/C21H42O2.C17H34O2/c1-3-5-7-8-9-10-11-12-13-14-15-16-18-20-23-21(22)19-17-6-4-2;1-3-5-7-9-10-12-14-16-19-17(18)15-13-11-8-6-4-2/h3-20H2,1-2H3;3-16H2,1-2H3. The summed E-state index contributed by atoms with van der Waals surface area (Å²) in [6, 6.07) is 0. The molecule has 0 radical (unpaired) electrons. The van der Waals surface area contributed by atoms with Crippen LogP contribution in [-0.2, 0) is 19.1 Å². The normalized spacial score (nSPS) is 10.8. The molecule has 4 heteroatoms.